The molecule has 3 N–H and O–H groups in total. The SMILES string of the molecule is O=C(NCCNC(=O)c1ccccc1O)c1ccc(SC(F)(F)F)cc1. The Bertz CT molecular complexity index is 780. The average Bonchev–Trinajstić information content (AvgIpc) is 2.58. The quantitative estimate of drug-likeness (QED) is 0.528. The molecule has 2 aromatic rings. The number of halogens is 3. The van der Waals surface area contributed by atoms with E-state index in [0.717, 1.165) is 0 Å². The molecule has 0 radical (unpaired) electrons. The van der Waals surface area contributed by atoms with Gasteiger partial charge in [-0.05, 0) is 48.2 Å². The number of hydrogen-bond donors (Lipinski definition) is 3. The Morgan fingerprint density at radius 3 is 2.08 bits per heavy atom. The van der Waals surface area contributed by atoms with E-state index in [1.54, 1.807) is 12.1 Å². The molecule has 0 atom stereocenters. The van der Waals surface area contributed by atoms with Gasteiger partial charge in [-0.15, -0.1) is 0 Å². The van der Waals surface area contributed by atoms with E-state index in [9.17, 15) is 27.9 Å². The summed E-state index contributed by atoms with van der Waals surface area (Å²) in [6.07, 6.45) is 0. The van der Waals surface area contributed by atoms with E-state index in [1.807, 2.05) is 0 Å². The van der Waals surface area contributed by atoms with Crippen LogP contribution in [0.2, 0.25) is 0 Å². The van der Waals surface area contributed by atoms with Crippen LogP contribution >= 0.6 is 11.8 Å². The van der Waals surface area contributed by atoms with E-state index in [2.05, 4.69) is 10.6 Å². The van der Waals surface area contributed by atoms with Crippen LogP contribution in [0.15, 0.2) is 53.4 Å². The smallest absolute Gasteiger partial charge is 0.446 e. The predicted octanol–water partition coefficient (Wildman–Crippen LogP) is 3.16. The van der Waals surface area contributed by atoms with Crippen LogP contribution in [0.25, 0.3) is 0 Å². The van der Waals surface area contributed by atoms with Crippen LogP contribution in [0.3, 0.4) is 0 Å². The third-order valence-electron chi connectivity index (χ3n) is 3.19. The van der Waals surface area contributed by atoms with Crippen molar-refractivity contribution in [2.75, 3.05) is 13.1 Å². The molecular weight excluding hydrogens is 369 g/mol. The van der Waals surface area contributed by atoms with Crippen LogP contribution in [-0.2, 0) is 0 Å². The zero-order chi connectivity index (χ0) is 19.2. The Labute approximate surface area is 151 Å². The van der Waals surface area contributed by atoms with Crippen molar-refractivity contribution in [3.63, 3.8) is 0 Å². The van der Waals surface area contributed by atoms with E-state index in [-0.39, 0.29) is 46.6 Å². The van der Waals surface area contributed by atoms with E-state index in [4.69, 9.17) is 0 Å². The Balaban J connectivity index is 1.78. The van der Waals surface area contributed by atoms with Crippen molar-refractivity contribution in [2.45, 2.75) is 10.4 Å². The summed E-state index contributed by atoms with van der Waals surface area (Å²) in [6, 6.07) is 11.1. The largest absolute Gasteiger partial charge is 0.507 e. The molecule has 2 amide bonds. The predicted molar refractivity (Wildman–Crippen MR) is 91.1 cm³/mol. The van der Waals surface area contributed by atoms with Gasteiger partial charge in [0.25, 0.3) is 11.8 Å². The van der Waals surface area contributed by atoms with Crippen LogP contribution in [-0.4, -0.2) is 35.5 Å². The number of rotatable bonds is 6. The van der Waals surface area contributed by atoms with Crippen molar-refractivity contribution in [1.29, 1.82) is 0 Å². The van der Waals surface area contributed by atoms with Crippen molar-refractivity contribution in [3.05, 3.63) is 59.7 Å². The molecule has 0 fully saturated rings. The van der Waals surface area contributed by atoms with Crippen molar-refractivity contribution >= 4 is 23.6 Å². The molecule has 0 aromatic heterocycles. The van der Waals surface area contributed by atoms with E-state index in [0.29, 0.717) is 0 Å². The monoisotopic (exact) mass is 384 g/mol. The molecule has 5 nitrogen and oxygen atoms in total. The van der Waals surface area contributed by atoms with Gasteiger partial charge in [-0.2, -0.15) is 13.2 Å². The Hall–Kier alpha value is -2.68. The first-order valence-corrected chi connectivity index (χ1v) is 8.28. The first-order valence-electron chi connectivity index (χ1n) is 7.46. The summed E-state index contributed by atoms with van der Waals surface area (Å²) in [5, 5.41) is 14.6. The number of thioether (sulfide) groups is 1. The van der Waals surface area contributed by atoms with Gasteiger partial charge in [-0.3, -0.25) is 9.59 Å². The van der Waals surface area contributed by atoms with Crippen molar-refractivity contribution in [2.24, 2.45) is 0 Å². The molecular formula is C17H15F3N2O3S. The number of para-hydroxylation sites is 1. The Morgan fingerprint density at radius 2 is 1.50 bits per heavy atom. The average molecular weight is 384 g/mol. The third kappa shape index (κ3) is 5.99. The minimum absolute atomic E-state index is 0.0102. The molecule has 0 saturated carbocycles. The number of aromatic hydroxyl groups is 1. The highest BCUT2D eigenvalue weighted by Crippen LogP contribution is 2.36. The lowest BCUT2D eigenvalue weighted by molar-refractivity contribution is -0.0328. The van der Waals surface area contributed by atoms with Crippen LogP contribution in [0.4, 0.5) is 13.2 Å². The van der Waals surface area contributed by atoms with E-state index < -0.39 is 17.3 Å². The molecule has 0 aliphatic rings. The summed E-state index contributed by atoms with van der Waals surface area (Å²) in [5.74, 6) is -1.10. The van der Waals surface area contributed by atoms with Gasteiger partial charge >= 0.3 is 5.51 Å². The number of amides is 2. The second-order valence-electron chi connectivity index (χ2n) is 5.10. The number of benzene rings is 2. The van der Waals surface area contributed by atoms with Gasteiger partial charge in [-0.25, -0.2) is 0 Å². The number of alkyl halides is 3. The topological polar surface area (TPSA) is 78.4 Å². The summed E-state index contributed by atoms with van der Waals surface area (Å²) in [4.78, 5) is 23.8. The van der Waals surface area contributed by atoms with Crippen molar-refractivity contribution in [1.82, 2.24) is 10.6 Å². The number of phenols is 1. The van der Waals surface area contributed by atoms with Crippen LogP contribution in [0.5, 0.6) is 5.75 Å². The van der Waals surface area contributed by atoms with Gasteiger partial charge in [0.1, 0.15) is 5.75 Å². The maximum absolute atomic E-state index is 12.3. The molecule has 0 saturated heterocycles. The minimum atomic E-state index is -4.38. The lowest BCUT2D eigenvalue weighted by Gasteiger charge is -2.09. The van der Waals surface area contributed by atoms with Crippen LogP contribution < -0.4 is 10.6 Å². The zero-order valence-corrected chi connectivity index (χ0v) is 14.2. The highest BCUT2D eigenvalue weighted by Gasteiger charge is 2.29. The van der Waals surface area contributed by atoms with Gasteiger partial charge in [-0.1, -0.05) is 12.1 Å². The van der Waals surface area contributed by atoms with Crippen molar-refractivity contribution in [3.8, 4) is 5.75 Å². The maximum atomic E-state index is 12.3. The maximum Gasteiger partial charge on any atom is 0.446 e. The number of phenolic OH excluding ortho intramolecular Hbond substituents is 1. The molecule has 0 heterocycles. The molecule has 0 unspecified atom stereocenters. The van der Waals surface area contributed by atoms with Gasteiger partial charge in [0.2, 0.25) is 0 Å². The molecule has 0 spiro atoms. The third-order valence-corrected chi connectivity index (χ3v) is 3.93. The summed E-state index contributed by atoms with van der Waals surface area (Å²) in [5.41, 5.74) is -4.05. The van der Waals surface area contributed by atoms with Crippen LogP contribution in [0.1, 0.15) is 20.7 Å². The lowest BCUT2D eigenvalue weighted by Crippen LogP contribution is -2.34. The molecule has 26 heavy (non-hydrogen) atoms. The molecule has 0 aliphatic heterocycles. The summed E-state index contributed by atoms with van der Waals surface area (Å²) in [7, 11) is 0. The normalized spacial score (nSPS) is 11.0. The Kier molecular flexibility index (Phi) is 6.51. The summed E-state index contributed by atoms with van der Waals surface area (Å²) < 4.78 is 36.8. The van der Waals surface area contributed by atoms with Gasteiger partial charge < -0.3 is 15.7 Å². The fraction of sp³-hybridized carbons (Fsp3) is 0.176. The molecule has 2 rings (SSSR count). The highest BCUT2D eigenvalue weighted by atomic mass is 32.2. The standard InChI is InChI=1S/C17H15F3N2O3S/c18-17(19,20)26-12-7-5-11(6-8-12)15(24)21-9-10-22-16(25)13-3-1-2-4-14(13)23/h1-8,23H,9-10H2,(H,21,24)(H,22,25). The number of carbonyl (C=O) groups excluding carboxylic acids is 2. The fourth-order valence-electron chi connectivity index (χ4n) is 2.02. The van der Waals surface area contributed by atoms with E-state index in [1.165, 1.54) is 36.4 Å². The number of nitrogens with one attached hydrogen (secondary N) is 2. The van der Waals surface area contributed by atoms with Gasteiger partial charge in [0.05, 0.1) is 5.56 Å². The molecule has 138 valence electrons. The molecule has 2 aromatic carbocycles. The zero-order valence-electron chi connectivity index (χ0n) is 13.3. The lowest BCUT2D eigenvalue weighted by atomic mass is 10.2. The van der Waals surface area contributed by atoms with Gasteiger partial charge in [0.15, 0.2) is 0 Å². The Morgan fingerprint density at radius 1 is 0.923 bits per heavy atom. The summed E-state index contributed by atoms with van der Waals surface area (Å²) in [6.45, 7) is 0.248. The first kappa shape index (κ1) is 19.6. The molecule has 9 heteroatoms. The van der Waals surface area contributed by atoms with E-state index >= 15 is 0 Å². The van der Waals surface area contributed by atoms with Gasteiger partial charge in [0, 0.05) is 23.5 Å². The number of carbonyl (C=O) groups is 2. The molecule has 0 aliphatic carbocycles. The fourth-order valence-corrected chi connectivity index (χ4v) is 2.56. The second kappa shape index (κ2) is 8.61. The highest BCUT2D eigenvalue weighted by molar-refractivity contribution is 8.00. The van der Waals surface area contributed by atoms with Crippen LogP contribution in [0, 0.1) is 0 Å². The first-order chi connectivity index (χ1) is 12.3. The second-order valence-corrected chi connectivity index (χ2v) is 6.24. The summed E-state index contributed by atoms with van der Waals surface area (Å²) >= 11 is -0.255. The minimum Gasteiger partial charge on any atom is -0.507 e. The number of hydrogen-bond acceptors (Lipinski definition) is 4. The van der Waals surface area contributed by atoms with Crippen molar-refractivity contribution < 1.29 is 27.9 Å². The molecule has 0 bridgehead atoms.